The second kappa shape index (κ2) is 5.24. The number of hydrogen-bond donors (Lipinski definition) is 2. The van der Waals surface area contributed by atoms with Crippen LogP contribution < -0.4 is 0 Å². The van der Waals surface area contributed by atoms with Crippen LogP contribution in [0.2, 0.25) is 0 Å². The lowest BCUT2D eigenvalue weighted by Crippen LogP contribution is -2.37. The third-order valence-electron chi connectivity index (χ3n) is 4.19. The van der Waals surface area contributed by atoms with E-state index in [1.165, 1.54) is 0 Å². The first-order chi connectivity index (χ1) is 10.1. The second-order valence-corrected chi connectivity index (χ2v) is 5.56. The number of hydrogen-bond acceptors (Lipinski definition) is 2. The Morgan fingerprint density at radius 2 is 2.14 bits per heavy atom. The number of carboxylic acid groups (broad SMARTS) is 1. The zero-order chi connectivity index (χ0) is 15.0. The summed E-state index contributed by atoms with van der Waals surface area (Å²) in [6.45, 7) is 2.82. The molecule has 1 amide bonds. The Labute approximate surface area is 122 Å². The molecule has 1 aromatic carbocycles. The van der Waals surface area contributed by atoms with Crippen molar-refractivity contribution in [3.63, 3.8) is 0 Å². The van der Waals surface area contributed by atoms with Gasteiger partial charge in [0.1, 0.15) is 5.69 Å². The molecule has 1 aromatic heterocycles. The number of carbonyl (C=O) groups is 2. The van der Waals surface area contributed by atoms with E-state index < -0.39 is 5.97 Å². The minimum absolute atomic E-state index is 0.0189. The molecule has 2 heterocycles. The van der Waals surface area contributed by atoms with Gasteiger partial charge in [-0.1, -0.05) is 6.07 Å². The molecule has 1 unspecified atom stereocenters. The maximum Gasteiger partial charge on any atom is 0.352 e. The minimum Gasteiger partial charge on any atom is -0.477 e. The molecule has 0 aliphatic carbocycles. The van der Waals surface area contributed by atoms with Gasteiger partial charge >= 0.3 is 5.97 Å². The van der Waals surface area contributed by atoms with Crippen molar-refractivity contribution in [3.8, 4) is 0 Å². The monoisotopic (exact) mass is 286 g/mol. The van der Waals surface area contributed by atoms with Crippen molar-refractivity contribution >= 4 is 22.8 Å². The number of nitrogens with zero attached hydrogens (tertiary/aromatic N) is 1. The van der Waals surface area contributed by atoms with Gasteiger partial charge in [-0.25, -0.2) is 4.79 Å². The fourth-order valence-corrected chi connectivity index (χ4v) is 2.94. The van der Waals surface area contributed by atoms with Crippen molar-refractivity contribution in [2.45, 2.75) is 32.2 Å². The molecule has 0 radical (unpaired) electrons. The third-order valence-corrected chi connectivity index (χ3v) is 4.19. The van der Waals surface area contributed by atoms with Gasteiger partial charge in [-0.2, -0.15) is 0 Å². The minimum atomic E-state index is -0.966. The summed E-state index contributed by atoms with van der Waals surface area (Å²) in [6, 6.07) is 7.45. The van der Waals surface area contributed by atoms with Crippen molar-refractivity contribution in [3.05, 3.63) is 35.5 Å². The molecule has 1 aliphatic heterocycles. The summed E-state index contributed by atoms with van der Waals surface area (Å²) in [5.41, 5.74) is 2.02. The Bertz CT molecular complexity index is 705. The highest BCUT2D eigenvalue weighted by Gasteiger charge is 2.24. The van der Waals surface area contributed by atoms with Gasteiger partial charge in [-0.15, -0.1) is 0 Å². The number of aromatic nitrogens is 1. The highest BCUT2D eigenvalue weighted by Crippen LogP contribution is 2.27. The number of rotatable bonds is 3. The van der Waals surface area contributed by atoms with Crippen LogP contribution in [-0.2, 0) is 4.79 Å². The number of carbonyl (C=O) groups excluding carboxylic acids is 1. The quantitative estimate of drug-likeness (QED) is 0.911. The summed E-state index contributed by atoms with van der Waals surface area (Å²) >= 11 is 0. The van der Waals surface area contributed by atoms with Gasteiger partial charge in [0.25, 0.3) is 0 Å². The van der Waals surface area contributed by atoms with Gasteiger partial charge in [0.15, 0.2) is 0 Å². The topological polar surface area (TPSA) is 73.4 Å². The lowest BCUT2D eigenvalue weighted by Gasteiger charge is -2.32. The van der Waals surface area contributed by atoms with Crippen molar-refractivity contribution in [1.29, 1.82) is 0 Å². The number of fused-ring (bicyclic) bond motifs is 1. The van der Waals surface area contributed by atoms with Crippen LogP contribution in [0, 0.1) is 0 Å². The van der Waals surface area contributed by atoms with E-state index in [-0.39, 0.29) is 17.6 Å². The van der Waals surface area contributed by atoms with E-state index in [1.807, 2.05) is 30.0 Å². The van der Waals surface area contributed by atoms with E-state index in [2.05, 4.69) is 4.98 Å². The van der Waals surface area contributed by atoms with Crippen LogP contribution >= 0.6 is 0 Å². The van der Waals surface area contributed by atoms with Crippen LogP contribution in [0.4, 0.5) is 0 Å². The van der Waals surface area contributed by atoms with Gasteiger partial charge in [-0.05, 0) is 43.5 Å². The standard InChI is InChI=1S/C16H18N2O3/c1-10(18-7-3-2-4-15(18)19)11-5-6-13-12(8-11)9-14(17-13)16(20)21/h5-6,8-10,17H,2-4,7H2,1H3,(H,20,21). The molecule has 21 heavy (non-hydrogen) atoms. The van der Waals surface area contributed by atoms with Gasteiger partial charge in [0.2, 0.25) is 5.91 Å². The first-order valence-electron chi connectivity index (χ1n) is 7.21. The average Bonchev–Trinajstić information content (AvgIpc) is 2.90. The number of nitrogens with one attached hydrogen (secondary N) is 1. The van der Waals surface area contributed by atoms with Crippen molar-refractivity contribution in [2.75, 3.05) is 6.54 Å². The molecule has 2 N–H and O–H groups in total. The number of aromatic amines is 1. The molecule has 3 rings (SSSR count). The van der Waals surface area contributed by atoms with Crippen LogP contribution in [0.15, 0.2) is 24.3 Å². The molecule has 0 saturated carbocycles. The van der Waals surface area contributed by atoms with E-state index in [4.69, 9.17) is 5.11 Å². The van der Waals surface area contributed by atoms with Gasteiger partial charge in [-0.3, -0.25) is 4.79 Å². The zero-order valence-corrected chi connectivity index (χ0v) is 11.9. The van der Waals surface area contributed by atoms with E-state index >= 15 is 0 Å². The molecular weight excluding hydrogens is 268 g/mol. The van der Waals surface area contributed by atoms with Crippen LogP contribution in [0.25, 0.3) is 10.9 Å². The van der Waals surface area contributed by atoms with Crippen molar-refractivity contribution in [2.24, 2.45) is 0 Å². The number of H-pyrrole nitrogens is 1. The summed E-state index contributed by atoms with van der Waals surface area (Å²) in [5, 5.41) is 9.88. The molecule has 5 heteroatoms. The van der Waals surface area contributed by atoms with Gasteiger partial charge in [0.05, 0.1) is 6.04 Å². The van der Waals surface area contributed by atoms with Crippen LogP contribution in [0.1, 0.15) is 48.3 Å². The number of likely N-dealkylation sites (tertiary alicyclic amines) is 1. The molecule has 1 saturated heterocycles. The average molecular weight is 286 g/mol. The van der Waals surface area contributed by atoms with Gasteiger partial charge in [0, 0.05) is 23.9 Å². The smallest absolute Gasteiger partial charge is 0.352 e. The normalized spacial score (nSPS) is 17.2. The van der Waals surface area contributed by atoms with E-state index in [0.717, 1.165) is 35.9 Å². The SMILES string of the molecule is CC(c1ccc2[nH]c(C(=O)O)cc2c1)N1CCCCC1=O. The summed E-state index contributed by atoms with van der Waals surface area (Å²) in [4.78, 5) is 27.8. The Morgan fingerprint density at radius 3 is 2.86 bits per heavy atom. The Kier molecular flexibility index (Phi) is 3.41. The number of carboxylic acids is 1. The van der Waals surface area contributed by atoms with Crippen LogP contribution in [0.3, 0.4) is 0 Å². The third kappa shape index (κ3) is 2.51. The zero-order valence-electron chi connectivity index (χ0n) is 11.9. The molecule has 2 aromatic rings. The highest BCUT2D eigenvalue weighted by molar-refractivity contribution is 5.94. The molecule has 0 bridgehead atoms. The number of benzene rings is 1. The Balaban J connectivity index is 1.92. The largest absolute Gasteiger partial charge is 0.477 e. The fourth-order valence-electron chi connectivity index (χ4n) is 2.94. The van der Waals surface area contributed by atoms with Crippen molar-refractivity contribution < 1.29 is 14.7 Å². The van der Waals surface area contributed by atoms with Crippen LogP contribution in [0.5, 0.6) is 0 Å². The number of aromatic carboxylic acids is 1. The van der Waals surface area contributed by atoms with Crippen LogP contribution in [-0.4, -0.2) is 33.4 Å². The lowest BCUT2D eigenvalue weighted by molar-refractivity contribution is -0.135. The Hall–Kier alpha value is -2.30. The Morgan fingerprint density at radius 1 is 1.33 bits per heavy atom. The van der Waals surface area contributed by atoms with E-state index in [0.29, 0.717) is 6.42 Å². The molecule has 110 valence electrons. The highest BCUT2D eigenvalue weighted by atomic mass is 16.4. The van der Waals surface area contributed by atoms with E-state index in [1.54, 1.807) is 6.07 Å². The van der Waals surface area contributed by atoms with Gasteiger partial charge < -0.3 is 15.0 Å². The first kappa shape index (κ1) is 13.7. The lowest BCUT2D eigenvalue weighted by atomic mass is 10.0. The summed E-state index contributed by atoms with van der Waals surface area (Å²) < 4.78 is 0. The first-order valence-corrected chi connectivity index (χ1v) is 7.21. The maximum atomic E-state index is 12.0. The summed E-state index contributed by atoms with van der Waals surface area (Å²) in [5.74, 6) is -0.763. The predicted molar refractivity (Wildman–Crippen MR) is 79.2 cm³/mol. The molecular formula is C16H18N2O3. The fraction of sp³-hybridized carbons (Fsp3) is 0.375. The van der Waals surface area contributed by atoms with E-state index in [9.17, 15) is 9.59 Å². The molecule has 1 aliphatic rings. The van der Waals surface area contributed by atoms with Crippen molar-refractivity contribution in [1.82, 2.24) is 9.88 Å². The summed E-state index contributed by atoms with van der Waals surface area (Å²) in [6.07, 6.45) is 2.65. The molecule has 1 fully saturated rings. The number of amides is 1. The second-order valence-electron chi connectivity index (χ2n) is 5.56. The summed E-state index contributed by atoms with van der Waals surface area (Å²) in [7, 11) is 0. The molecule has 1 atom stereocenters. The number of piperidine rings is 1. The maximum absolute atomic E-state index is 12.0. The molecule has 0 spiro atoms. The predicted octanol–water partition coefficient (Wildman–Crippen LogP) is 2.94. The molecule has 5 nitrogen and oxygen atoms in total.